The van der Waals surface area contributed by atoms with Gasteiger partial charge in [-0.3, -0.25) is 4.98 Å². The molecule has 1 aromatic carbocycles. The first kappa shape index (κ1) is 22.7. The molecule has 3 atom stereocenters. The number of nitrogens with zero attached hydrogens (tertiary/aromatic N) is 3. The molecule has 2 aliphatic heterocycles. The van der Waals surface area contributed by atoms with Crippen molar-refractivity contribution in [2.45, 2.75) is 44.1 Å². The molecule has 0 spiro atoms. The molecular weight excluding hydrogens is 443 g/mol. The lowest BCUT2D eigenvalue weighted by Gasteiger charge is -2.32. The van der Waals surface area contributed by atoms with Gasteiger partial charge in [0.05, 0.1) is 55.0 Å². The Morgan fingerprint density at radius 2 is 2.03 bits per heavy atom. The van der Waals surface area contributed by atoms with Crippen LogP contribution in [0.15, 0.2) is 30.6 Å². The first-order valence-electron chi connectivity index (χ1n) is 11.4. The number of aliphatic hydroxyl groups is 1. The van der Waals surface area contributed by atoms with E-state index in [1.807, 2.05) is 6.07 Å². The number of ether oxygens (including phenoxy) is 4. The number of aromatic nitrogens is 3. The number of aliphatic hydroxyl groups excluding tert-OH is 1. The van der Waals surface area contributed by atoms with Gasteiger partial charge in [-0.1, -0.05) is 0 Å². The van der Waals surface area contributed by atoms with Crippen molar-refractivity contribution in [3.63, 3.8) is 0 Å². The minimum atomic E-state index is -0.867. The van der Waals surface area contributed by atoms with Gasteiger partial charge in [-0.15, -0.1) is 0 Å². The molecule has 0 aliphatic carbocycles. The number of hydrogen-bond donors (Lipinski definition) is 2. The topological polar surface area (TPSA) is 108 Å². The molecule has 10 heteroatoms. The Kier molecular flexibility index (Phi) is 6.70. The van der Waals surface area contributed by atoms with Crippen molar-refractivity contribution in [1.82, 2.24) is 20.3 Å². The number of pyridine rings is 1. The lowest BCUT2D eigenvalue weighted by Crippen LogP contribution is -2.44. The highest BCUT2D eigenvalue weighted by molar-refractivity contribution is 5.78. The Hall–Kier alpha value is -3.08. The quantitative estimate of drug-likeness (QED) is 0.537. The molecule has 9 nitrogen and oxygen atoms in total. The van der Waals surface area contributed by atoms with Crippen molar-refractivity contribution in [1.29, 1.82) is 0 Å². The molecule has 0 amide bonds. The van der Waals surface area contributed by atoms with Crippen LogP contribution >= 0.6 is 0 Å². The molecule has 0 radical (unpaired) electrons. The average Bonchev–Trinajstić information content (AvgIpc) is 2.89. The summed E-state index contributed by atoms with van der Waals surface area (Å²) in [4.78, 5) is 13.0. The van der Waals surface area contributed by atoms with Crippen molar-refractivity contribution in [2.75, 3.05) is 26.9 Å². The minimum Gasteiger partial charge on any atom is -0.486 e. The smallest absolute Gasteiger partial charge is 0.232 e. The Balaban J connectivity index is 1.16. The number of fused-ring (bicyclic) bond motifs is 2. The third kappa shape index (κ3) is 4.89. The van der Waals surface area contributed by atoms with Crippen LogP contribution < -0.4 is 19.5 Å². The van der Waals surface area contributed by atoms with E-state index in [2.05, 4.69) is 20.3 Å². The maximum absolute atomic E-state index is 14.6. The van der Waals surface area contributed by atoms with Gasteiger partial charge in [0.2, 0.25) is 5.88 Å². The number of halogens is 1. The van der Waals surface area contributed by atoms with E-state index >= 15 is 0 Å². The normalized spacial score (nSPS) is 20.8. The van der Waals surface area contributed by atoms with Crippen LogP contribution in [0.3, 0.4) is 0 Å². The zero-order valence-electron chi connectivity index (χ0n) is 18.9. The number of methoxy groups -OCH3 is 1. The Bertz CT molecular complexity index is 1160. The molecule has 1 unspecified atom stereocenters. The summed E-state index contributed by atoms with van der Waals surface area (Å²) in [6.07, 6.45) is 3.45. The van der Waals surface area contributed by atoms with Gasteiger partial charge in [-0.25, -0.2) is 14.4 Å². The van der Waals surface area contributed by atoms with Gasteiger partial charge in [-0.2, -0.15) is 0 Å². The third-order valence-corrected chi connectivity index (χ3v) is 6.16. The molecule has 2 N–H and O–H groups in total. The van der Waals surface area contributed by atoms with Crippen LogP contribution in [0.2, 0.25) is 0 Å². The third-order valence-electron chi connectivity index (χ3n) is 6.16. The van der Waals surface area contributed by atoms with Crippen molar-refractivity contribution >= 4 is 11.0 Å². The summed E-state index contributed by atoms with van der Waals surface area (Å²) in [6.45, 7) is 2.08. The molecule has 34 heavy (non-hydrogen) atoms. The molecule has 180 valence electrons. The maximum Gasteiger partial charge on any atom is 0.232 e. The predicted octanol–water partition coefficient (Wildman–Crippen LogP) is 2.18. The van der Waals surface area contributed by atoms with Gasteiger partial charge >= 0.3 is 0 Å². The van der Waals surface area contributed by atoms with Crippen molar-refractivity contribution in [3.05, 3.63) is 47.7 Å². The van der Waals surface area contributed by atoms with Crippen molar-refractivity contribution < 1.29 is 28.4 Å². The van der Waals surface area contributed by atoms with Gasteiger partial charge in [-0.05, 0) is 25.0 Å². The minimum absolute atomic E-state index is 0.0783. The molecule has 4 heterocycles. The van der Waals surface area contributed by atoms with Crippen LogP contribution in [0.25, 0.3) is 11.0 Å². The second-order valence-corrected chi connectivity index (χ2v) is 8.42. The molecule has 2 aromatic heterocycles. The van der Waals surface area contributed by atoms with Crippen molar-refractivity contribution in [2.24, 2.45) is 0 Å². The summed E-state index contributed by atoms with van der Waals surface area (Å²) < 4.78 is 36.8. The summed E-state index contributed by atoms with van der Waals surface area (Å²) >= 11 is 0. The van der Waals surface area contributed by atoms with Gasteiger partial charge < -0.3 is 29.4 Å². The molecule has 5 rings (SSSR count). The molecular formula is C24H27FN4O5. The predicted molar refractivity (Wildman–Crippen MR) is 121 cm³/mol. The van der Waals surface area contributed by atoms with E-state index in [4.69, 9.17) is 18.9 Å². The fourth-order valence-electron chi connectivity index (χ4n) is 4.30. The second-order valence-electron chi connectivity index (χ2n) is 8.42. The lowest BCUT2D eigenvalue weighted by molar-refractivity contribution is -0.0719. The van der Waals surface area contributed by atoms with E-state index in [1.54, 1.807) is 12.3 Å². The highest BCUT2D eigenvalue weighted by Crippen LogP contribution is 2.29. The largest absolute Gasteiger partial charge is 0.486 e. The van der Waals surface area contributed by atoms with Gasteiger partial charge in [0.15, 0.2) is 11.5 Å². The van der Waals surface area contributed by atoms with E-state index in [0.717, 1.165) is 12.1 Å². The Morgan fingerprint density at radius 1 is 1.18 bits per heavy atom. The molecule has 0 saturated carbocycles. The zero-order chi connectivity index (χ0) is 23.5. The molecule has 2 aliphatic rings. The van der Waals surface area contributed by atoms with E-state index in [1.165, 1.54) is 19.4 Å². The van der Waals surface area contributed by atoms with Gasteiger partial charge in [0, 0.05) is 30.6 Å². The second kappa shape index (κ2) is 10.0. The summed E-state index contributed by atoms with van der Waals surface area (Å²) in [5.41, 5.74) is 2.10. The van der Waals surface area contributed by atoms with E-state index in [-0.39, 0.29) is 12.5 Å². The lowest BCUT2D eigenvalue weighted by atomic mass is 9.95. The monoisotopic (exact) mass is 470 g/mol. The first-order chi connectivity index (χ1) is 16.6. The number of nitrogens with one attached hydrogen (secondary N) is 1. The molecule has 0 bridgehead atoms. The van der Waals surface area contributed by atoms with Crippen LogP contribution in [-0.2, 0) is 17.7 Å². The number of benzene rings is 1. The van der Waals surface area contributed by atoms with Crippen LogP contribution in [0, 0.1) is 5.82 Å². The fraction of sp³-hybridized carbons (Fsp3) is 0.458. The van der Waals surface area contributed by atoms with Crippen LogP contribution in [0.4, 0.5) is 4.39 Å². The van der Waals surface area contributed by atoms with Gasteiger partial charge in [0.1, 0.15) is 19.0 Å². The molecule has 1 saturated heterocycles. The van der Waals surface area contributed by atoms with Crippen LogP contribution in [-0.4, -0.2) is 65.2 Å². The molecule has 3 aromatic rings. The van der Waals surface area contributed by atoms with E-state index in [0.29, 0.717) is 66.8 Å². The van der Waals surface area contributed by atoms with Crippen molar-refractivity contribution in [3.8, 4) is 17.4 Å². The highest BCUT2D eigenvalue weighted by Gasteiger charge is 2.29. The maximum atomic E-state index is 14.6. The summed E-state index contributed by atoms with van der Waals surface area (Å²) in [6, 6.07) is 4.92. The summed E-state index contributed by atoms with van der Waals surface area (Å²) in [5, 5.41) is 14.3. The number of rotatable bonds is 7. The van der Waals surface area contributed by atoms with E-state index in [9.17, 15) is 9.50 Å². The van der Waals surface area contributed by atoms with Gasteiger partial charge in [0.25, 0.3) is 0 Å². The first-order valence-corrected chi connectivity index (χ1v) is 11.4. The Labute approximate surface area is 196 Å². The standard InChI is InChI=1S/C24H27FN4O5/c1-31-23-12-28-18-4-3-17(25)16(24(18)29-23)9-19(30)20-5-2-14(13-34-20)26-10-15-8-21-22(11-27-15)33-7-6-32-21/h3-4,8,11-12,14,19-20,26,30H,2,5-7,9-10,13H2,1H3/t14-,19?,20+/m1/s1. The Morgan fingerprint density at radius 3 is 2.82 bits per heavy atom. The van der Waals surface area contributed by atoms with E-state index < -0.39 is 18.0 Å². The zero-order valence-corrected chi connectivity index (χ0v) is 18.9. The highest BCUT2D eigenvalue weighted by atomic mass is 19.1. The SMILES string of the molecule is COc1cnc2ccc(F)c(CC(O)[C@@H]3CC[C@@H](NCc4cc5c(cn4)OCCO5)CO3)c2n1. The van der Waals surface area contributed by atoms with Crippen LogP contribution in [0.5, 0.6) is 17.4 Å². The number of hydrogen-bond acceptors (Lipinski definition) is 9. The summed E-state index contributed by atoms with van der Waals surface area (Å²) in [5.74, 6) is 1.24. The fourth-order valence-corrected chi connectivity index (χ4v) is 4.30. The summed E-state index contributed by atoms with van der Waals surface area (Å²) in [7, 11) is 1.48. The molecule has 1 fully saturated rings. The van der Waals surface area contributed by atoms with Crippen LogP contribution in [0.1, 0.15) is 24.1 Å². The average molecular weight is 471 g/mol.